The molecule has 234 valence electrons. The molecule has 0 spiro atoms. The van der Waals surface area contributed by atoms with Crippen molar-refractivity contribution < 1.29 is 27.4 Å². The van der Waals surface area contributed by atoms with Gasteiger partial charge in [0.1, 0.15) is 12.1 Å². The molecular weight excluding hydrogens is 628 g/mol. The number of nitrogens with one attached hydrogen (secondary N) is 2. The van der Waals surface area contributed by atoms with Gasteiger partial charge in [-0.2, -0.15) is 4.99 Å². The van der Waals surface area contributed by atoms with Crippen LogP contribution in [0.3, 0.4) is 0 Å². The zero-order chi connectivity index (χ0) is 32.0. The monoisotopic (exact) mass is 655 g/mol. The topological polar surface area (TPSA) is 106 Å². The molecule has 0 bridgehead atoms. The molecule has 1 aliphatic heterocycles. The predicted molar refractivity (Wildman–Crippen MR) is 170 cm³/mol. The number of thioether (sulfide) groups is 1. The van der Waals surface area contributed by atoms with Gasteiger partial charge in [0.2, 0.25) is 11.0 Å². The first-order valence-electron chi connectivity index (χ1n) is 13.7. The van der Waals surface area contributed by atoms with Gasteiger partial charge in [-0.05, 0) is 54.5 Å². The van der Waals surface area contributed by atoms with E-state index in [0.29, 0.717) is 29.0 Å². The second-order valence-corrected chi connectivity index (χ2v) is 11.0. The summed E-state index contributed by atoms with van der Waals surface area (Å²) in [6, 6.07) is 20.4. The Morgan fingerprint density at radius 1 is 1.11 bits per heavy atom. The number of hydrogen-bond donors (Lipinski definition) is 2. The highest BCUT2D eigenvalue weighted by molar-refractivity contribution is 8.15. The normalized spacial score (nSPS) is 15.0. The van der Waals surface area contributed by atoms with E-state index in [9.17, 15) is 18.0 Å². The van der Waals surface area contributed by atoms with E-state index in [2.05, 4.69) is 30.7 Å². The highest BCUT2D eigenvalue weighted by atomic mass is 32.2. The van der Waals surface area contributed by atoms with E-state index in [1.54, 1.807) is 12.0 Å². The van der Waals surface area contributed by atoms with Crippen molar-refractivity contribution in [1.82, 2.24) is 25.6 Å². The number of amides is 1. The van der Waals surface area contributed by atoms with Gasteiger partial charge in [-0.3, -0.25) is 15.1 Å². The van der Waals surface area contributed by atoms with Gasteiger partial charge >= 0.3 is 6.36 Å². The van der Waals surface area contributed by atoms with E-state index in [4.69, 9.17) is 17.0 Å². The Labute approximate surface area is 266 Å². The van der Waals surface area contributed by atoms with Gasteiger partial charge in [0.25, 0.3) is 0 Å². The second kappa shape index (κ2) is 14.2. The van der Waals surface area contributed by atoms with E-state index in [1.807, 2.05) is 55.5 Å². The number of carbonyl (C=O) groups is 1. The van der Waals surface area contributed by atoms with E-state index < -0.39 is 6.36 Å². The maximum absolute atomic E-state index is 12.7. The van der Waals surface area contributed by atoms with Gasteiger partial charge in [0.15, 0.2) is 11.0 Å². The zero-order valence-electron chi connectivity index (χ0n) is 24.1. The smallest absolute Gasteiger partial charge is 0.406 e. The number of aliphatic imine (C=N–C) groups is 1. The lowest BCUT2D eigenvalue weighted by molar-refractivity contribution is -0.274. The number of ether oxygens (including phenoxy) is 2. The Bertz CT molecular complexity index is 1680. The number of alkyl halides is 3. The van der Waals surface area contributed by atoms with Crippen LogP contribution in [0.4, 0.5) is 18.9 Å². The molecule has 45 heavy (non-hydrogen) atoms. The van der Waals surface area contributed by atoms with Gasteiger partial charge in [-0.1, -0.05) is 61.2 Å². The summed E-state index contributed by atoms with van der Waals surface area (Å²) in [5, 5.41) is 5.12. The minimum absolute atomic E-state index is 0.0858. The van der Waals surface area contributed by atoms with Crippen LogP contribution < -0.4 is 20.5 Å². The van der Waals surface area contributed by atoms with Crippen molar-refractivity contribution in [2.24, 2.45) is 4.99 Å². The van der Waals surface area contributed by atoms with Crippen molar-refractivity contribution in [3.05, 3.63) is 90.3 Å². The largest absolute Gasteiger partial charge is 0.573 e. The molecule has 0 radical (unpaired) electrons. The molecule has 10 nitrogen and oxygen atoms in total. The first kappa shape index (κ1) is 32.1. The van der Waals surface area contributed by atoms with E-state index >= 15 is 0 Å². The second-order valence-electron chi connectivity index (χ2n) is 9.69. The number of amidine groups is 1. The van der Waals surface area contributed by atoms with Crippen molar-refractivity contribution in [1.29, 1.82) is 0 Å². The first-order chi connectivity index (χ1) is 21.6. The maximum atomic E-state index is 12.7. The Balaban J connectivity index is 1.21. The minimum atomic E-state index is -4.76. The summed E-state index contributed by atoms with van der Waals surface area (Å²) in [6.45, 7) is 2.38. The molecule has 0 saturated carbocycles. The van der Waals surface area contributed by atoms with Gasteiger partial charge < -0.3 is 9.47 Å². The molecule has 5 rings (SSSR count). The number of hydrogen-bond acceptors (Lipinski definition) is 8. The molecule has 1 unspecified atom stereocenters. The maximum Gasteiger partial charge on any atom is 0.573 e. The lowest BCUT2D eigenvalue weighted by atomic mass is 10.0. The highest BCUT2D eigenvalue weighted by Gasteiger charge is 2.32. The molecule has 1 saturated heterocycles. The number of anilines is 1. The Kier molecular flexibility index (Phi) is 10.1. The fraction of sp³-hybridized carbons (Fsp3) is 0.233. The number of hydrazine groups is 1. The lowest BCUT2D eigenvalue weighted by Crippen LogP contribution is -2.39. The van der Waals surface area contributed by atoms with Crippen LogP contribution in [0.15, 0.2) is 84.1 Å². The van der Waals surface area contributed by atoms with Crippen LogP contribution in [-0.4, -0.2) is 50.2 Å². The average Bonchev–Trinajstić information content (AvgIpc) is 3.65. The van der Waals surface area contributed by atoms with Crippen molar-refractivity contribution in [2.45, 2.75) is 32.4 Å². The van der Waals surface area contributed by atoms with Gasteiger partial charge in [-0.25, -0.2) is 15.1 Å². The van der Waals surface area contributed by atoms with Crippen LogP contribution in [0, 0.1) is 0 Å². The van der Waals surface area contributed by atoms with E-state index in [0.717, 1.165) is 23.1 Å². The van der Waals surface area contributed by atoms with Crippen LogP contribution in [0.5, 0.6) is 5.75 Å². The van der Waals surface area contributed by atoms with Crippen LogP contribution >= 0.6 is 24.0 Å². The number of rotatable bonds is 10. The molecule has 3 aromatic carbocycles. The molecule has 1 aromatic heterocycles. The van der Waals surface area contributed by atoms with Gasteiger partial charge in [-0.15, -0.1) is 18.3 Å². The number of carbonyl (C=O) groups excluding carboxylic acids is 1. The third-order valence-electron chi connectivity index (χ3n) is 6.65. The quantitative estimate of drug-likeness (QED) is 0.159. The van der Waals surface area contributed by atoms with E-state index in [-0.39, 0.29) is 28.6 Å². The van der Waals surface area contributed by atoms with Crippen LogP contribution in [-0.2, 0) is 16.1 Å². The van der Waals surface area contributed by atoms with Gasteiger partial charge in [0.05, 0.1) is 29.8 Å². The summed E-state index contributed by atoms with van der Waals surface area (Å²) in [4.78, 5) is 23.2. The number of methoxy groups -OCH3 is 1. The third-order valence-corrected chi connectivity index (χ3v) is 7.77. The van der Waals surface area contributed by atoms with Crippen molar-refractivity contribution >= 4 is 45.9 Å². The Morgan fingerprint density at radius 3 is 2.53 bits per heavy atom. The Hall–Kier alpha value is -4.31. The van der Waals surface area contributed by atoms with E-state index in [1.165, 1.54) is 47.0 Å². The molecule has 1 fully saturated rings. The fourth-order valence-corrected chi connectivity index (χ4v) is 5.63. The number of nitrogens with zero attached hydrogens (tertiary/aromatic N) is 5. The SMILES string of the molecule is CCC(NNC(=S)N=C1SCC(=O)N1c1ccccc1COC)c1ccc(-c2ncn(-c3ccc(OC(F)(F)F)cc3)n2)cc1. The number of thiocarbonyl (C=S) groups is 1. The number of aromatic nitrogens is 3. The fourth-order valence-electron chi connectivity index (χ4n) is 4.56. The minimum Gasteiger partial charge on any atom is -0.406 e. The van der Waals surface area contributed by atoms with Crippen LogP contribution in [0.1, 0.15) is 30.5 Å². The summed E-state index contributed by atoms with van der Waals surface area (Å²) < 4.78 is 48.0. The molecule has 1 atom stereocenters. The molecule has 1 aliphatic rings. The summed E-state index contributed by atoms with van der Waals surface area (Å²) in [5.41, 5.74) is 10.0. The van der Waals surface area contributed by atoms with Crippen molar-refractivity contribution in [2.75, 3.05) is 17.8 Å². The molecule has 4 aromatic rings. The lowest BCUT2D eigenvalue weighted by Gasteiger charge is -2.21. The van der Waals surface area contributed by atoms with Crippen LogP contribution in [0.2, 0.25) is 0 Å². The molecule has 1 amide bonds. The molecule has 0 aliphatic carbocycles. The highest BCUT2D eigenvalue weighted by Crippen LogP contribution is 2.30. The Morgan fingerprint density at radius 2 is 1.84 bits per heavy atom. The zero-order valence-corrected chi connectivity index (χ0v) is 25.7. The third kappa shape index (κ3) is 8.05. The predicted octanol–water partition coefficient (Wildman–Crippen LogP) is 5.95. The van der Waals surface area contributed by atoms with Crippen LogP contribution in [0.25, 0.3) is 17.1 Å². The number of halogens is 3. The molecule has 2 heterocycles. The van der Waals surface area contributed by atoms with Crippen molar-refractivity contribution in [3.63, 3.8) is 0 Å². The molecule has 15 heteroatoms. The first-order valence-corrected chi connectivity index (χ1v) is 15.1. The van der Waals surface area contributed by atoms with Gasteiger partial charge in [0, 0.05) is 18.2 Å². The summed E-state index contributed by atoms with van der Waals surface area (Å²) >= 11 is 6.79. The number of benzene rings is 3. The summed E-state index contributed by atoms with van der Waals surface area (Å²) in [5.74, 6) is 0.309. The summed E-state index contributed by atoms with van der Waals surface area (Å²) in [6.07, 6.45) is -2.54. The van der Waals surface area contributed by atoms with Crippen molar-refractivity contribution in [3.8, 4) is 22.8 Å². The number of para-hydroxylation sites is 1. The molecular formula is C30H28F3N7O3S2. The standard InChI is InChI=1S/C30H28F3N7O3S2/c1-3-24(36-37-28(44)35-29-40(26(41)17-45-29)25-7-5-4-6-21(25)16-42-2)19-8-10-20(11-9-19)27-34-18-39(38-27)22-12-14-23(15-13-22)43-30(31,32)33/h4-15,18,24,36H,3,16-17H2,1-2H3,(H,37,44). The average molecular weight is 656 g/mol. The summed E-state index contributed by atoms with van der Waals surface area (Å²) in [7, 11) is 1.60. The molecule has 2 N–H and O–H groups in total.